The number of hydrogen-bond donors (Lipinski definition) is 1. The van der Waals surface area contributed by atoms with E-state index in [1.807, 2.05) is 95.6 Å². The van der Waals surface area contributed by atoms with Crippen LogP contribution in [0.3, 0.4) is 0 Å². The van der Waals surface area contributed by atoms with Gasteiger partial charge in [0.05, 0.1) is 6.07 Å². The first-order chi connectivity index (χ1) is 33.9. The van der Waals surface area contributed by atoms with Crippen molar-refractivity contribution in [2.45, 2.75) is 11.4 Å². The molecule has 7 aromatic carbocycles. The van der Waals surface area contributed by atoms with Crippen molar-refractivity contribution in [2.75, 3.05) is 0 Å². The molecule has 0 aliphatic carbocycles. The second-order valence-electron chi connectivity index (χ2n) is 15.0. The van der Waals surface area contributed by atoms with Crippen LogP contribution in [0.15, 0.2) is 95.9 Å². The van der Waals surface area contributed by atoms with E-state index in [-0.39, 0.29) is 12.3 Å². The van der Waals surface area contributed by atoms with E-state index in [2.05, 4.69) is 12.6 Å². The van der Waals surface area contributed by atoms with E-state index >= 15 is 35.1 Å². The first-order valence-corrected chi connectivity index (χ1v) is 20.1. The number of para-hydroxylation sites is 2. The van der Waals surface area contributed by atoms with Crippen molar-refractivity contribution >= 4 is 57.3 Å². The molecule has 1 heterocycles. The molecule has 0 aliphatic rings. The number of nitrogens with zero attached hydrogens (tertiary/aromatic N) is 1. The third kappa shape index (κ3) is 8.41. The molecule has 0 unspecified atom stereocenters. The van der Waals surface area contributed by atoms with Crippen molar-refractivity contribution in [1.29, 1.82) is 0 Å². The topological polar surface area (TPSA) is 30.2 Å². The average molecular weight is 1050 g/mol. The van der Waals surface area contributed by atoms with Gasteiger partial charge in [0.2, 0.25) is 17.8 Å². The number of carbonyl (C=O) groups excluding carboxylic acids is 1. The molecule has 1 aromatic heterocycles. The van der Waals surface area contributed by atoms with Gasteiger partial charge in [-0.15, -0.1) is 34.5 Å². The van der Waals surface area contributed by atoms with E-state index < -0.39 is 144 Å². The van der Waals surface area contributed by atoms with Gasteiger partial charge in [-0.1, -0.05) is 54.6 Å². The molecule has 0 amide bonds. The van der Waals surface area contributed by atoms with Gasteiger partial charge in [0.25, 0.3) is 0 Å². The summed E-state index contributed by atoms with van der Waals surface area (Å²) in [6.45, 7) is 0.190. The average Bonchev–Trinajstić information content (AvgIpc) is 3.37. The summed E-state index contributed by atoms with van der Waals surface area (Å²) >= 11 is 4.46. The number of ketones is 1. The minimum absolute atomic E-state index is 0.0287. The van der Waals surface area contributed by atoms with Crippen LogP contribution in [0.5, 0.6) is 11.6 Å². The zero-order valence-electron chi connectivity index (χ0n) is 34.7. The Morgan fingerprint density at radius 1 is 0.389 bits per heavy atom. The highest BCUT2D eigenvalue weighted by Crippen LogP contribution is 2.32. The van der Waals surface area contributed by atoms with Crippen LogP contribution in [0.4, 0.5) is 87.8 Å². The van der Waals surface area contributed by atoms with Crippen LogP contribution in [0.1, 0.15) is 10.4 Å². The number of pyridine rings is 1. The smallest absolute Gasteiger partial charge is 0.374 e. The molecule has 72 heavy (non-hydrogen) atoms. The summed E-state index contributed by atoms with van der Waals surface area (Å²) in [5, 5.41) is 1.05. The van der Waals surface area contributed by atoms with Crippen molar-refractivity contribution in [1.82, 2.24) is 0 Å². The number of fused-ring (bicyclic) bond motifs is 1. The van der Waals surface area contributed by atoms with Crippen LogP contribution in [-0.2, 0) is 6.54 Å². The summed E-state index contributed by atoms with van der Waals surface area (Å²) in [5.41, 5.74) is -12.7. The lowest BCUT2D eigenvalue weighted by atomic mass is 9.12. The van der Waals surface area contributed by atoms with Crippen molar-refractivity contribution in [2.24, 2.45) is 0 Å². The van der Waals surface area contributed by atoms with Crippen molar-refractivity contribution in [3.8, 4) is 11.6 Å². The zero-order valence-corrected chi connectivity index (χ0v) is 35.6. The molecule has 8 aromatic rings. The highest BCUT2D eigenvalue weighted by Gasteiger charge is 2.52. The number of benzene rings is 7. The number of thiol groups is 1. The number of hydrogen-bond acceptors (Lipinski definition) is 3. The summed E-state index contributed by atoms with van der Waals surface area (Å²) in [6, 6.07) is 28.7. The second kappa shape index (κ2) is 19.9. The molecular formula is C47H18BF20NO2S. The lowest BCUT2D eigenvalue weighted by Crippen LogP contribution is -2.81. The normalized spacial score (nSPS) is 11.5. The molecule has 25 heteroatoms. The maximum absolute atomic E-state index is 15.4. The van der Waals surface area contributed by atoms with Gasteiger partial charge >= 0.3 is 5.88 Å². The van der Waals surface area contributed by atoms with E-state index in [0.717, 1.165) is 15.8 Å². The minimum Gasteiger partial charge on any atom is -0.404 e. The van der Waals surface area contributed by atoms with Crippen molar-refractivity contribution in [3.63, 3.8) is 0 Å². The van der Waals surface area contributed by atoms with E-state index in [1.54, 1.807) is 0 Å². The van der Waals surface area contributed by atoms with Crippen LogP contribution in [-0.4, -0.2) is 11.9 Å². The monoisotopic (exact) mass is 1050 g/mol. The number of carbonyl (C=O) groups is 1. The van der Waals surface area contributed by atoms with E-state index in [1.165, 1.54) is 0 Å². The van der Waals surface area contributed by atoms with Gasteiger partial charge in [-0.05, 0) is 24.3 Å². The largest absolute Gasteiger partial charge is 0.404 e. The number of Topliss-reactive ketones (excluding diaryl/α,β-unsaturated/α-hetero) is 1. The molecule has 0 atom stereocenters. The van der Waals surface area contributed by atoms with Crippen LogP contribution in [0.2, 0.25) is 0 Å². The van der Waals surface area contributed by atoms with Gasteiger partial charge in [-0.25, -0.2) is 87.8 Å². The summed E-state index contributed by atoms with van der Waals surface area (Å²) in [7, 11) is 0. The predicted octanol–water partition coefficient (Wildman–Crippen LogP) is 10.9. The Labute approximate surface area is 394 Å². The molecule has 372 valence electrons. The van der Waals surface area contributed by atoms with Crippen LogP contribution >= 0.6 is 12.6 Å². The van der Waals surface area contributed by atoms with Crippen molar-refractivity contribution in [3.05, 3.63) is 213 Å². The van der Waals surface area contributed by atoms with Gasteiger partial charge in [0.15, 0.2) is 69.8 Å². The Hall–Kier alpha value is -7.57. The fraction of sp³-hybridized carbons (Fsp3) is 0.0213. The molecule has 0 radical (unpaired) electrons. The van der Waals surface area contributed by atoms with Gasteiger partial charge < -0.3 is 4.74 Å². The Balaban J connectivity index is 0.000000238. The first kappa shape index (κ1) is 52.3. The van der Waals surface area contributed by atoms with Gasteiger partial charge in [-0.2, -0.15) is 4.57 Å². The van der Waals surface area contributed by atoms with Gasteiger partial charge in [0.1, 0.15) is 58.4 Å². The van der Waals surface area contributed by atoms with Crippen molar-refractivity contribution < 1.29 is 102 Å². The number of rotatable bonds is 9. The quantitative estimate of drug-likeness (QED) is 0.0297. The Morgan fingerprint density at radius 2 is 0.708 bits per heavy atom. The molecule has 0 saturated carbocycles. The molecule has 3 nitrogen and oxygen atoms in total. The van der Waals surface area contributed by atoms with Crippen LogP contribution < -0.4 is 31.2 Å². The standard InChI is InChI=1S/C24BF20.C23H17NO2S/c26-5-1(6(27)14(35)21(42)13(5)34)25(2-7(28)15(36)22(43)16(37)8(2)29,3-9(30)17(38)23(44)18(39)10(3)31)4-11(32)19(40)24(45)20(41)12(4)33;25-20(18-9-2-1-3-10-18)16-24-19-11-5-4-8-17(19)14-15-23(24)26-21-12-6-7-13-22(21)27/h;1-15H,16H2/q-1;/p+1. The maximum Gasteiger partial charge on any atom is 0.374 e. The Bertz CT molecular complexity index is 3150. The highest BCUT2D eigenvalue weighted by atomic mass is 32.1. The SMILES string of the molecule is Fc1c(F)c(F)c([B-](c2c(F)c(F)c(F)c(F)c2F)(c2c(F)c(F)c(F)c(F)c2F)c2c(F)c(F)c(F)c(F)c2F)c(F)c1F.O=C(C[n+]1c(Oc2ccccc2S)ccc2ccccc21)c1ccccc1. The molecule has 0 N–H and O–H groups in total. The molecule has 0 aliphatic heterocycles. The Kier molecular flexibility index (Phi) is 14.5. The fourth-order valence-electron chi connectivity index (χ4n) is 7.89. The fourth-order valence-corrected chi connectivity index (χ4v) is 8.09. The molecular weight excluding hydrogens is 1030 g/mol. The minimum atomic E-state index is -7.22. The maximum atomic E-state index is 15.4. The highest BCUT2D eigenvalue weighted by molar-refractivity contribution is 7.80. The van der Waals surface area contributed by atoms with Gasteiger partial charge in [-0.3, -0.25) is 4.79 Å². The molecule has 0 spiro atoms. The summed E-state index contributed by atoms with van der Waals surface area (Å²) in [5.74, 6) is -70.1. The van der Waals surface area contributed by atoms with E-state index in [9.17, 15) is 57.5 Å². The first-order valence-electron chi connectivity index (χ1n) is 19.6. The number of halogens is 20. The Morgan fingerprint density at radius 3 is 1.08 bits per heavy atom. The number of ether oxygens (including phenoxy) is 1. The lowest BCUT2D eigenvalue weighted by Gasteiger charge is -2.44. The summed E-state index contributed by atoms with van der Waals surface area (Å²) in [4.78, 5) is 13.6. The molecule has 0 saturated heterocycles. The van der Waals surface area contributed by atoms with Crippen LogP contribution in [0.25, 0.3) is 10.9 Å². The summed E-state index contributed by atoms with van der Waals surface area (Å²) in [6.07, 6.45) is -7.22. The second-order valence-corrected chi connectivity index (χ2v) is 15.5. The van der Waals surface area contributed by atoms with Gasteiger partial charge in [0, 0.05) is 21.9 Å². The number of aromatic nitrogens is 1. The summed E-state index contributed by atoms with van der Waals surface area (Å²) < 4.78 is 302. The lowest BCUT2D eigenvalue weighted by molar-refractivity contribution is -0.661. The predicted molar refractivity (Wildman–Crippen MR) is 218 cm³/mol. The van der Waals surface area contributed by atoms with Crippen LogP contribution in [0, 0.1) is 116 Å². The molecule has 8 rings (SSSR count). The molecule has 0 fully saturated rings. The molecule has 0 bridgehead atoms. The zero-order chi connectivity index (χ0) is 53.0. The van der Waals surface area contributed by atoms with E-state index in [0.29, 0.717) is 17.2 Å². The third-order valence-corrected chi connectivity index (χ3v) is 11.5. The van der Waals surface area contributed by atoms with E-state index in [4.69, 9.17) is 4.74 Å². The third-order valence-electron chi connectivity index (χ3n) is 11.1.